The lowest BCUT2D eigenvalue weighted by molar-refractivity contribution is 0.110. The van der Waals surface area contributed by atoms with Crippen molar-refractivity contribution >= 4 is 11.8 Å². The third-order valence-electron chi connectivity index (χ3n) is 3.21. The quantitative estimate of drug-likeness (QED) is 0.818. The van der Waals surface area contributed by atoms with Gasteiger partial charge in [0.15, 0.2) is 0 Å². The third kappa shape index (κ3) is 5.01. The van der Waals surface area contributed by atoms with Gasteiger partial charge in [-0.05, 0) is 18.4 Å². The molecule has 2 rings (SSSR count). The highest BCUT2D eigenvalue weighted by Crippen LogP contribution is 2.17. The molecule has 0 aliphatic carbocycles. The first-order valence-electron chi connectivity index (χ1n) is 6.82. The molecule has 1 aliphatic heterocycles. The lowest BCUT2D eigenvalue weighted by Crippen LogP contribution is -2.30. The maximum Gasteiger partial charge on any atom is 0.0700 e. The molecule has 0 aromatic heterocycles. The highest BCUT2D eigenvalue weighted by molar-refractivity contribution is 7.99. The molecular weight excluding hydrogens is 242 g/mol. The zero-order valence-corrected chi connectivity index (χ0v) is 11.9. The Balaban J connectivity index is 1.56. The SMILES string of the molecule is CC(CNCC1CCCO1)SCc1ccccc1. The van der Waals surface area contributed by atoms with Gasteiger partial charge >= 0.3 is 0 Å². The predicted molar refractivity (Wildman–Crippen MR) is 79.0 cm³/mol. The molecule has 100 valence electrons. The standard InChI is InChI=1S/C15H23NOS/c1-13(10-16-11-15-8-5-9-17-15)18-12-14-6-3-2-4-7-14/h2-4,6-7,13,15-16H,5,8-12H2,1H3. The van der Waals surface area contributed by atoms with Crippen molar-refractivity contribution in [2.75, 3.05) is 19.7 Å². The Morgan fingerprint density at radius 1 is 1.39 bits per heavy atom. The summed E-state index contributed by atoms with van der Waals surface area (Å²) in [5.74, 6) is 1.10. The predicted octanol–water partition coefficient (Wildman–Crippen LogP) is 3.08. The summed E-state index contributed by atoms with van der Waals surface area (Å²) in [6.45, 7) is 5.31. The maximum absolute atomic E-state index is 5.59. The minimum Gasteiger partial charge on any atom is -0.377 e. The number of hydrogen-bond donors (Lipinski definition) is 1. The molecule has 0 saturated carbocycles. The minimum atomic E-state index is 0.455. The summed E-state index contributed by atoms with van der Waals surface area (Å²) in [6.07, 6.45) is 2.90. The van der Waals surface area contributed by atoms with E-state index in [1.54, 1.807) is 0 Å². The van der Waals surface area contributed by atoms with E-state index in [0.29, 0.717) is 11.4 Å². The van der Waals surface area contributed by atoms with E-state index < -0.39 is 0 Å². The first kappa shape index (κ1) is 13.9. The van der Waals surface area contributed by atoms with Gasteiger partial charge in [0.05, 0.1) is 6.10 Å². The van der Waals surface area contributed by atoms with Crippen LogP contribution in [0.4, 0.5) is 0 Å². The molecular formula is C15H23NOS. The Morgan fingerprint density at radius 3 is 2.94 bits per heavy atom. The van der Waals surface area contributed by atoms with Gasteiger partial charge in [-0.1, -0.05) is 37.3 Å². The van der Waals surface area contributed by atoms with Crippen molar-refractivity contribution in [2.45, 2.75) is 36.9 Å². The van der Waals surface area contributed by atoms with Gasteiger partial charge in [-0.15, -0.1) is 0 Å². The van der Waals surface area contributed by atoms with Crippen molar-refractivity contribution in [3.05, 3.63) is 35.9 Å². The molecule has 18 heavy (non-hydrogen) atoms. The van der Waals surface area contributed by atoms with Crippen LogP contribution >= 0.6 is 11.8 Å². The van der Waals surface area contributed by atoms with Crippen LogP contribution in [0.1, 0.15) is 25.3 Å². The van der Waals surface area contributed by atoms with Crippen LogP contribution in [-0.2, 0) is 10.5 Å². The fourth-order valence-corrected chi connectivity index (χ4v) is 3.03. The highest BCUT2D eigenvalue weighted by Gasteiger charge is 2.14. The summed E-state index contributed by atoms with van der Waals surface area (Å²) in [6, 6.07) is 10.7. The Morgan fingerprint density at radius 2 is 2.22 bits per heavy atom. The van der Waals surface area contributed by atoms with Crippen molar-refractivity contribution in [1.82, 2.24) is 5.32 Å². The van der Waals surface area contributed by atoms with Gasteiger partial charge in [0.1, 0.15) is 0 Å². The van der Waals surface area contributed by atoms with Crippen molar-refractivity contribution in [3.8, 4) is 0 Å². The molecule has 1 fully saturated rings. The number of benzene rings is 1. The van der Waals surface area contributed by atoms with Gasteiger partial charge in [0, 0.05) is 30.7 Å². The minimum absolute atomic E-state index is 0.455. The Labute approximate surface area is 114 Å². The van der Waals surface area contributed by atoms with Crippen molar-refractivity contribution < 1.29 is 4.74 Å². The van der Waals surface area contributed by atoms with Crippen molar-refractivity contribution in [3.63, 3.8) is 0 Å². The second-order valence-electron chi connectivity index (χ2n) is 4.90. The fourth-order valence-electron chi connectivity index (χ4n) is 2.12. The van der Waals surface area contributed by atoms with E-state index in [4.69, 9.17) is 4.74 Å². The fraction of sp³-hybridized carbons (Fsp3) is 0.600. The lowest BCUT2D eigenvalue weighted by Gasteiger charge is -2.15. The van der Waals surface area contributed by atoms with E-state index in [2.05, 4.69) is 42.6 Å². The van der Waals surface area contributed by atoms with E-state index >= 15 is 0 Å². The van der Waals surface area contributed by atoms with Gasteiger partial charge in [0.25, 0.3) is 0 Å². The highest BCUT2D eigenvalue weighted by atomic mass is 32.2. The summed E-state index contributed by atoms with van der Waals surface area (Å²) in [4.78, 5) is 0. The Bertz CT molecular complexity index is 325. The average Bonchev–Trinajstić information content (AvgIpc) is 2.91. The summed E-state index contributed by atoms with van der Waals surface area (Å²) in [5.41, 5.74) is 1.41. The van der Waals surface area contributed by atoms with Crippen LogP contribution in [0.15, 0.2) is 30.3 Å². The second-order valence-corrected chi connectivity index (χ2v) is 6.33. The molecule has 0 radical (unpaired) electrons. The number of ether oxygens (including phenoxy) is 1. The molecule has 0 bridgehead atoms. The van der Waals surface area contributed by atoms with Crippen molar-refractivity contribution in [2.24, 2.45) is 0 Å². The molecule has 1 aromatic rings. The molecule has 3 heteroatoms. The molecule has 0 amide bonds. The van der Waals surface area contributed by atoms with Crippen LogP contribution in [0.5, 0.6) is 0 Å². The maximum atomic E-state index is 5.59. The van der Waals surface area contributed by atoms with Crippen LogP contribution in [0.2, 0.25) is 0 Å². The van der Waals surface area contributed by atoms with Gasteiger partial charge in [0.2, 0.25) is 0 Å². The summed E-state index contributed by atoms with van der Waals surface area (Å²) in [7, 11) is 0. The largest absolute Gasteiger partial charge is 0.377 e. The van der Waals surface area contributed by atoms with Gasteiger partial charge < -0.3 is 10.1 Å². The summed E-state index contributed by atoms with van der Waals surface area (Å²) in [5, 5.41) is 4.16. The number of thioether (sulfide) groups is 1. The zero-order valence-electron chi connectivity index (χ0n) is 11.1. The van der Waals surface area contributed by atoms with E-state index in [1.807, 2.05) is 11.8 Å². The van der Waals surface area contributed by atoms with Gasteiger partial charge in [-0.25, -0.2) is 0 Å². The monoisotopic (exact) mass is 265 g/mol. The van der Waals surface area contributed by atoms with Crippen LogP contribution in [0, 0.1) is 0 Å². The van der Waals surface area contributed by atoms with E-state index in [1.165, 1.54) is 18.4 Å². The van der Waals surface area contributed by atoms with E-state index in [-0.39, 0.29) is 0 Å². The smallest absolute Gasteiger partial charge is 0.0700 e. The molecule has 0 spiro atoms. The van der Waals surface area contributed by atoms with Crippen LogP contribution in [-0.4, -0.2) is 31.1 Å². The average molecular weight is 265 g/mol. The summed E-state index contributed by atoms with van der Waals surface area (Å²) < 4.78 is 5.59. The molecule has 1 aromatic carbocycles. The van der Waals surface area contributed by atoms with Crippen LogP contribution in [0.25, 0.3) is 0 Å². The van der Waals surface area contributed by atoms with E-state index in [9.17, 15) is 0 Å². The Hall–Kier alpha value is -0.510. The van der Waals surface area contributed by atoms with Gasteiger partial charge in [-0.2, -0.15) is 11.8 Å². The molecule has 2 atom stereocenters. The number of hydrogen-bond acceptors (Lipinski definition) is 3. The van der Waals surface area contributed by atoms with Crippen LogP contribution < -0.4 is 5.32 Å². The number of nitrogens with one attached hydrogen (secondary N) is 1. The molecule has 1 aliphatic rings. The third-order valence-corrected chi connectivity index (χ3v) is 4.44. The van der Waals surface area contributed by atoms with Gasteiger partial charge in [-0.3, -0.25) is 0 Å². The van der Waals surface area contributed by atoms with Crippen molar-refractivity contribution in [1.29, 1.82) is 0 Å². The lowest BCUT2D eigenvalue weighted by atomic mass is 10.2. The molecule has 1 N–H and O–H groups in total. The first-order valence-corrected chi connectivity index (χ1v) is 7.87. The number of rotatable bonds is 7. The molecule has 1 heterocycles. The molecule has 2 unspecified atom stereocenters. The molecule has 1 saturated heterocycles. The second kappa shape index (κ2) is 7.82. The molecule has 2 nitrogen and oxygen atoms in total. The summed E-state index contributed by atoms with van der Waals surface area (Å²) >= 11 is 2.01. The Kier molecular flexibility index (Phi) is 6.05. The zero-order chi connectivity index (χ0) is 12.6. The first-order chi connectivity index (χ1) is 8.84. The normalized spacial score (nSPS) is 21.1. The van der Waals surface area contributed by atoms with E-state index in [0.717, 1.165) is 25.4 Å². The topological polar surface area (TPSA) is 21.3 Å². The van der Waals surface area contributed by atoms with Crippen LogP contribution in [0.3, 0.4) is 0 Å².